The van der Waals surface area contributed by atoms with Gasteiger partial charge in [0, 0.05) is 43.5 Å². The maximum absolute atomic E-state index is 12.4. The van der Waals surface area contributed by atoms with E-state index in [0.29, 0.717) is 31.1 Å². The lowest BCUT2D eigenvalue weighted by Gasteiger charge is -2.39. The first kappa shape index (κ1) is 19.7. The molecular weight excluding hydrogens is 364 g/mol. The van der Waals surface area contributed by atoms with Crippen molar-refractivity contribution < 1.29 is 9.53 Å². The molecule has 154 valence electrons. The van der Waals surface area contributed by atoms with Gasteiger partial charge in [0.15, 0.2) is 0 Å². The van der Waals surface area contributed by atoms with Crippen molar-refractivity contribution in [2.45, 2.75) is 63.8 Å². The number of aromatic nitrogens is 1. The summed E-state index contributed by atoms with van der Waals surface area (Å²) in [5.74, 6) is 0.592. The molecule has 6 nitrogen and oxygen atoms in total. The van der Waals surface area contributed by atoms with Crippen LogP contribution in [0.5, 0.6) is 5.88 Å². The Bertz CT molecular complexity index is 800. The second kappa shape index (κ2) is 9.27. The molecule has 2 fully saturated rings. The van der Waals surface area contributed by atoms with Crippen LogP contribution in [0.2, 0.25) is 0 Å². The first-order valence-corrected chi connectivity index (χ1v) is 10.6. The molecule has 2 saturated heterocycles. The quantitative estimate of drug-likeness (QED) is 0.755. The molecule has 2 unspecified atom stereocenters. The van der Waals surface area contributed by atoms with Crippen LogP contribution in [0.1, 0.15) is 43.7 Å². The maximum Gasteiger partial charge on any atom is 0.315 e. The molecule has 3 heterocycles. The van der Waals surface area contributed by atoms with Gasteiger partial charge in [0.1, 0.15) is 0 Å². The van der Waals surface area contributed by atoms with E-state index < -0.39 is 0 Å². The second-order valence-corrected chi connectivity index (χ2v) is 7.97. The Labute approximate surface area is 172 Å². The number of nitrogens with zero attached hydrogens (tertiary/aromatic N) is 2. The molecule has 2 aliphatic rings. The Balaban J connectivity index is 1.26. The summed E-state index contributed by atoms with van der Waals surface area (Å²) in [6, 6.07) is 15.7. The Kier molecular flexibility index (Phi) is 6.30. The highest BCUT2D eigenvalue weighted by Gasteiger charge is 2.40. The van der Waals surface area contributed by atoms with Gasteiger partial charge in [-0.05, 0) is 49.8 Å². The normalized spacial score (nSPS) is 23.6. The summed E-state index contributed by atoms with van der Waals surface area (Å²) in [4.78, 5) is 19.2. The van der Waals surface area contributed by atoms with E-state index in [0.717, 1.165) is 24.9 Å². The van der Waals surface area contributed by atoms with Gasteiger partial charge in [-0.25, -0.2) is 9.78 Å². The summed E-state index contributed by atoms with van der Waals surface area (Å²) >= 11 is 0. The van der Waals surface area contributed by atoms with E-state index in [9.17, 15) is 4.79 Å². The highest BCUT2D eigenvalue weighted by Crippen LogP contribution is 2.36. The van der Waals surface area contributed by atoms with Crippen LogP contribution < -0.4 is 15.4 Å². The summed E-state index contributed by atoms with van der Waals surface area (Å²) in [6.07, 6.45) is 6.23. The molecule has 1 aromatic heterocycles. The van der Waals surface area contributed by atoms with Crippen LogP contribution in [0.3, 0.4) is 0 Å². The predicted octanol–water partition coefficient (Wildman–Crippen LogP) is 3.48. The standard InChI is InChI=1S/C23H30N4O2/c1-2-29-22-12-18(10-11-24-22)15-25-23(28)26-19-13-20-8-9-21(14-19)27(20)16-17-6-4-3-5-7-17/h3-7,10-12,19-21H,2,8-9,13-16H2,1H3,(H2,25,26,28). The van der Waals surface area contributed by atoms with Crippen molar-refractivity contribution in [2.24, 2.45) is 0 Å². The zero-order valence-electron chi connectivity index (χ0n) is 17.0. The van der Waals surface area contributed by atoms with Crippen molar-refractivity contribution in [2.75, 3.05) is 6.61 Å². The summed E-state index contributed by atoms with van der Waals surface area (Å²) in [6.45, 7) is 3.99. The smallest absolute Gasteiger partial charge is 0.315 e. The van der Waals surface area contributed by atoms with Crippen molar-refractivity contribution in [1.29, 1.82) is 0 Å². The number of pyridine rings is 1. The third-order valence-electron chi connectivity index (χ3n) is 5.97. The van der Waals surface area contributed by atoms with E-state index >= 15 is 0 Å². The van der Waals surface area contributed by atoms with Crippen LogP contribution in [0.25, 0.3) is 0 Å². The molecule has 0 spiro atoms. The Morgan fingerprint density at radius 3 is 2.62 bits per heavy atom. The largest absolute Gasteiger partial charge is 0.478 e. The van der Waals surface area contributed by atoms with Gasteiger partial charge in [-0.1, -0.05) is 30.3 Å². The number of nitrogens with one attached hydrogen (secondary N) is 2. The maximum atomic E-state index is 12.4. The van der Waals surface area contributed by atoms with E-state index in [2.05, 4.69) is 50.8 Å². The summed E-state index contributed by atoms with van der Waals surface area (Å²) in [7, 11) is 0. The van der Waals surface area contributed by atoms with Crippen molar-refractivity contribution >= 4 is 6.03 Å². The van der Waals surface area contributed by atoms with Gasteiger partial charge >= 0.3 is 6.03 Å². The first-order chi connectivity index (χ1) is 14.2. The van der Waals surface area contributed by atoms with Gasteiger partial charge in [-0.2, -0.15) is 0 Å². The number of hydrogen-bond donors (Lipinski definition) is 2. The number of ether oxygens (including phenoxy) is 1. The van der Waals surface area contributed by atoms with Gasteiger partial charge < -0.3 is 15.4 Å². The van der Waals surface area contributed by atoms with Gasteiger partial charge in [0.2, 0.25) is 5.88 Å². The van der Waals surface area contributed by atoms with Gasteiger partial charge in [-0.3, -0.25) is 4.90 Å². The van der Waals surface area contributed by atoms with Crippen LogP contribution in [0, 0.1) is 0 Å². The Hall–Kier alpha value is -2.60. The number of urea groups is 1. The van der Waals surface area contributed by atoms with Gasteiger partial charge in [-0.15, -0.1) is 0 Å². The molecule has 2 amide bonds. The topological polar surface area (TPSA) is 66.5 Å². The fourth-order valence-electron chi connectivity index (χ4n) is 4.65. The van der Waals surface area contributed by atoms with Crippen LogP contribution in [0.4, 0.5) is 4.79 Å². The lowest BCUT2D eigenvalue weighted by atomic mass is 9.96. The average molecular weight is 395 g/mol. The van der Waals surface area contributed by atoms with Gasteiger partial charge in [0.05, 0.1) is 6.61 Å². The molecule has 2 aliphatic heterocycles. The molecule has 4 rings (SSSR count). The lowest BCUT2D eigenvalue weighted by molar-refractivity contribution is 0.111. The summed E-state index contributed by atoms with van der Waals surface area (Å²) in [5, 5.41) is 6.16. The fourth-order valence-corrected chi connectivity index (χ4v) is 4.65. The zero-order valence-corrected chi connectivity index (χ0v) is 17.0. The van der Waals surface area contributed by atoms with Crippen molar-refractivity contribution in [3.63, 3.8) is 0 Å². The SMILES string of the molecule is CCOc1cc(CNC(=O)NC2CC3CCC(C2)N3Cc2ccccc2)ccn1. The molecule has 0 radical (unpaired) electrons. The monoisotopic (exact) mass is 394 g/mol. The minimum absolute atomic E-state index is 0.0966. The van der Waals surface area contributed by atoms with E-state index in [4.69, 9.17) is 4.74 Å². The number of fused-ring (bicyclic) bond motifs is 2. The third-order valence-corrected chi connectivity index (χ3v) is 5.97. The number of carbonyl (C=O) groups is 1. The fraction of sp³-hybridized carbons (Fsp3) is 0.478. The molecule has 1 aromatic carbocycles. The highest BCUT2D eigenvalue weighted by atomic mass is 16.5. The van der Waals surface area contributed by atoms with E-state index in [1.165, 1.54) is 18.4 Å². The number of amides is 2. The number of piperidine rings is 1. The highest BCUT2D eigenvalue weighted by molar-refractivity contribution is 5.74. The van der Waals surface area contributed by atoms with Crippen LogP contribution in [0.15, 0.2) is 48.7 Å². The number of carbonyl (C=O) groups excluding carboxylic acids is 1. The van der Waals surface area contributed by atoms with Crippen LogP contribution in [-0.4, -0.2) is 40.6 Å². The molecule has 2 aromatic rings. The van der Waals surface area contributed by atoms with Crippen molar-refractivity contribution in [1.82, 2.24) is 20.5 Å². The second-order valence-electron chi connectivity index (χ2n) is 7.97. The Morgan fingerprint density at radius 2 is 1.90 bits per heavy atom. The van der Waals surface area contributed by atoms with Crippen LogP contribution >= 0.6 is 0 Å². The van der Waals surface area contributed by atoms with Crippen molar-refractivity contribution in [3.05, 3.63) is 59.8 Å². The van der Waals surface area contributed by atoms with E-state index in [1.807, 2.05) is 19.1 Å². The molecule has 2 N–H and O–H groups in total. The molecule has 2 atom stereocenters. The number of benzene rings is 1. The molecular formula is C23H30N4O2. The summed E-state index contributed by atoms with van der Waals surface area (Å²) < 4.78 is 5.41. The van der Waals surface area contributed by atoms with Gasteiger partial charge in [0.25, 0.3) is 0 Å². The number of hydrogen-bond acceptors (Lipinski definition) is 4. The Morgan fingerprint density at radius 1 is 1.14 bits per heavy atom. The van der Waals surface area contributed by atoms with Crippen LogP contribution in [-0.2, 0) is 13.1 Å². The molecule has 0 saturated carbocycles. The minimum Gasteiger partial charge on any atom is -0.478 e. The molecule has 2 bridgehead atoms. The average Bonchev–Trinajstić information content (AvgIpc) is 2.96. The number of rotatable bonds is 7. The molecule has 6 heteroatoms. The third kappa shape index (κ3) is 5.07. The van der Waals surface area contributed by atoms with E-state index in [-0.39, 0.29) is 12.1 Å². The summed E-state index contributed by atoms with van der Waals surface area (Å²) in [5.41, 5.74) is 2.36. The van der Waals surface area contributed by atoms with Crippen molar-refractivity contribution in [3.8, 4) is 5.88 Å². The lowest BCUT2D eigenvalue weighted by Crippen LogP contribution is -2.51. The molecule has 29 heavy (non-hydrogen) atoms. The zero-order chi connectivity index (χ0) is 20.1. The van der Waals surface area contributed by atoms with E-state index in [1.54, 1.807) is 6.20 Å². The predicted molar refractivity (Wildman–Crippen MR) is 113 cm³/mol. The molecule has 0 aliphatic carbocycles. The first-order valence-electron chi connectivity index (χ1n) is 10.6. The minimum atomic E-state index is -0.0966.